The summed E-state index contributed by atoms with van der Waals surface area (Å²) >= 11 is 0. The highest BCUT2D eigenvalue weighted by molar-refractivity contribution is 6.09. The summed E-state index contributed by atoms with van der Waals surface area (Å²) < 4.78 is 0. The van der Waals surface area contributed by atoms with Gasteiger partial charge >= 0.3 is 0 Å². The van der Waals surface area contributed by atoms with Gasteiger partial charge in [-0.1, -0.05) is 23.3 Å². The lowest BCUT2D eigenvalue weighted by atomic mass is 10.0. The maximum absolute atomic E-state index is 3.57. The summed E-state index contributed by atoms with van der Waals surface area (Å²) in [5.74, 6) is 0. The SMILES string of the molecule is Cc1cc(C)c2[nH]c3c(C)cc(C)cc3c2c1. The van der Waals surface area contributed by atoms with E-state index in [9.17, 15) is 0 Å². The number of fused-ring (bicyclic) bond motifs is 3. The summed E-state index contributed by atoms with van der Waals surface area (Å²) in [5.41, 5.74) is 7.87. The van der Waals surface area contributed by atoms with Crippen molar-refractivity contribution in [1.29, 1.82) is 0 Å². The lowest BCUT2D eigenvalue weighted by molar-refractivity contribution is 1.38. The molecule has 2 aromatic carbocycles. The van der Waals surface area contributed by atoms with E-state index in [1.165, 1.54) is 44.1 Å². The number of benzene rings is 2. The van der Waals surface area contributed by atoms with Gasteiger partial charge in [0.1, 0.15) is 0 Å². The number of hydrogen-bond donors (Lipinski definition) is 1. The van der Waals surface area contributed by atoms with E-state index in [1.807, 2.05) is 0 Å². The van der Waals surface area contributed by atoms with E-state index in [2.05, 4.69) is 56.9 Å². The van der Waals surface area contributed by atoms with E-state index < -0.39 is 0 Å². The fourth-order valence-corrected chi connectivity index (χ4v) is 2.82. The first-order valence-electron chi connectivity index (χ1n) is 6.06. The molecule has 0 saturated carbocycles. The third-order valence-corrected chi connectivity index (χ3v) is 3.50. The number of aromatic amines is 1. The van der Waals surface area contributed by atoms with Gasteiger partial charge in [0, 0.05) is 21.8 Å². The van der Waals surface area contributed by atoms with Crippen molar-refractivity contribution in [2.24, 2.45) is 0 Å². The molecular formula is C16H17N. The minimum atomic E-state index is 1.28. The maximum Gasteiger partial charge on any atom is 0.0494 e. The molecule has 0 radical (unpaired) electrons. The average Bonchev–Trinajstić information content (AvgIpc) is 2.58. The second-order valence-electron chi connectivity index (χ2n) is 5.13. The molecule has 0 spiro atoms. The molecule has 0 unspecified atom stereocenters. The Hall–Kier alpha value is -1.76. The highest BCUT2D eigenvalue weighted by Gasteiger charge is 2.09. The summed E-state index contributed by atoms with van der Waals surface area (Å²) in [6.45, 7) is 8.67. The van der Waals surface area contributed by atoms with Gasteiger partial charge in [0.05, 0.1) is 0 Å². The van der Waals surface area contributed by atoms with Crippen molar-refractivity contribution in [3.8, 4) is 0 Å². The van der Waals surface area contributed by atoms with Crippen molar-refractivity contribution in [3.63, 3.8) is 0 Å². The lowest BCUT2D eigenvalue weighted by Gasteiger charge is -2.00. The van der Waals surface area contributed by atoms with Crippen molar-refractivity contribution in [1.82, 2.24) is 4.98 Å². The minimum absolute atomic E-state index is 1.28. The van der Waals surface area contributed by atoms with E-state index in [1.54, 1.807) is 0 Å². The average molecular weight is 223 g/mol. The highest BCUT2D eigenvalue weighted by atomic mass is 14.7. The first-order chi connectivity index (χ1) is 8.06. The van der Waals surface area contributed by atoms with E-state index in [-0.39, 0.29) is 0 Å². The number of aromatic nitrogens is 1. The van der Waals surface area contributed by atoms with Crippen molar-refractivity contribution >= 4 is 21.8 Å². The number of H-pyrrole nitrogens is 1. The zero-order valence-electron chi connectivity index (χ0n) is 10.8. The fourth-order valence-electron chi connectivity index (χ4n) is 2.82. The molecule has 0 fully saturated rings. The van der Waals surface area contributed by atoms with Crippen molar-refractivity contribution < 1.29 is 0 Å². The summed E-state index contributed by atoms with van der Waals surface area (Å²) in [7, 11) is 0. The molecule has 0 aliphatic heterocycles. The van der Waals surface area contributed by atoms with Crippen LogP contribution in [0.5, 0.6) is 0 Å². The number of hydrogen-bond acceptors (Lipinski definition) is 0. The molecule has 0 aliphatic rings. The molecule has 3 aromatic rings. The first-order valence-corrected chi connectivity index (χ1v) is 6.06. The van der Waals surface area contributed by atoms with Gasteiger partial charge in [-0.15, -0.1) is 0 Å². The van der Waals surface area contributed by atoms with E-state index in [4.69, 9.17) is 0 Å². The first kappa shape index (κ1) is 10.4. The molecular weight excluding hydrogens is 206 g/mol. The van der Waals surface area contributed by atoms with Crippen molar-refractivity contribution in [2.75, 3.05) is 0 Å². The molecule has 1 nitrogen and oxygen atoms in total. The Morgan fingerprint density at radius 3 is 1.47 bits per heavy atom. The van der Waals surface area contributed by atoms with E-state index in [0.29, 0.717) is 0 Å². The molecule has 0 atom stereocenters. The van der Waals surface area contributed by atoms with Gasteiger partial charge in [-0.25, -0.2) is 0 Å². The number of nitrogens with one attached hydrogen (secondary N) is 1. The Labute approximate surface area is 101 Å². The van der Waals surface area contributed by atoms with E-state index in [0.717, 1.165) is 0 Å². The topological polar surface area (TPSA) is 15.8 Å². The van der Waals surface area contributed by atoms with Crippen molar-refractivity contribution in [2.45, 2.75) is 27.7 Å². The van der Waals surface area contributed by atoms with Crippen LogP contribution in [0.15, 0.2) is 24.3 Å². The molecule has 0 saturated heterocycles. The monoisotopic (exact) mass is 223 g/mol. The van der Waals surface area contributed by atoms with Gasteiger partial charge in [0.25, 0.3) is 0 Å². The quantitative estimate of drug-likeness (QED) is 0.575. The minimum Gasteiger partial charge on any atom is -0.354 e. The van der Waals surface area contributed by atoms with Gasteiger partial charge in [-0.2, -0.15) is 0 Å². The van der Waals surface area contributed by atoms with Crippen LogP contribution in [0.2, 0.25) is 0 Å². The normalized spacial score (nSPS) is 11.5. The fraction of sp³-hybridized carbons (Fsp3) is 0.250. The molecule has 86 valence electrons. The maximum atomic E-state index is 3.57. The lowest BCUT2D eigenvalue weighted by Crippen LogP contribution is -1.78. The summed E-state index contributed by atoms with van der Waals surface area (Å²) in [5, 5.41) is 2.70. The Morgan fingerprint density at radius 1 is 0.647 bits per heavy atom. The Balaban J connectivity index is 2.60. The van der Waals surface area contributed by atoms with Crippen LogP contribution >= 0.6 is 0 Å². The number of rotatable bonds is 0. The zero-order valence-corrected chi connectivity index (χ0v) is 10.8. The standard InChI is InChI=1S/C16H17N/c1-9-5-11(3)15-13(7-9)14-8-10(2)6-12(4)16(14)17-15/h5-8,17H,1-4H3. The molecule has 1 aromatic heterocycles. The number of aryl methyl sites for hydroxylation is 4. The molecule has 3 rings (SSSR count). The predicted octanol–water partition coefficient (Wildman–Crippen LogP) is 4.55. The van der Waals surface area contributed by atoms with Crippen molar-refractivity contribution in [3.05, 3.63) is 46.5 Å². The summed E-state index contributed by atoms with van der Waals surface area (Å²) in [6, 6.07) is 9.03. The largest absolute Gasteiger partial charge is 0.354 e. The van der Waals surface area contributed by atoms with Crippen LogP contribution in [0.1, 0.15) is 22.3 Å². The van der Waals surface area contributed by atoms with E-state index >= 15 is 0 Å². The third kappa shape index (κ3) is 1.46. The molecule has 1 heteroatoms. The molecule has 0 bridgehead atoms. The Morgan fingerprint density at radius 2 is 1.06 bits per heavy atom. The second-order valence-corrected chi connectivity index (χ2v) is 5.13. The Bertz CT molecular complexity index is 670. The van der Waals surface area contributed by atoms with Gasteiger partial charge < -0.3 is 4.98 Å². The van der Waals surface area contributed by atoms with Crippen LogP contribution in [-0.4, -0.2) is 4.98 Å². The molecule has 1 heterocycles. The van der Waals surface area contributed by atoms with Gasteiger partial charge in [-0.3, -0.25) is 0 Å². The smallest absolute Gasteiger partial charge is 0.0494 e. The second kappa shape index (κ2) is 3.36. The molecule has 17 heavy (non-hydrogen) atoms. The van der Waals surface area contributed by atoms with Crippen LogP contribution in [-0.2, 0) is 0 Å². The summed E-state index contributed by atoms with van der Waals surface area (Å²) in [6.07, 6.45) is 0. The Kier molecular flexibility index (Phi) is 2.06. The third-order valence-electron chi connectivity index (χ3n) is 3.50. The molecule has 0 amide bonds. The van der Waals surface area contributed by atoms with Crippen LogP contribution in [0, 0.1) is 27.7 Å². The predicted molar refractivity (Wildman–Crippen MR) is 74.8 cm³/mol. The van der Waals surface area contributed by atoms with Gasteiger partial charge in [0.2, 0.25) is 0 Å². The molecule has 1 N–H and O–H groups in total. The van der Waals surface area contributed by atoms with Crippen LogP contribution in [0.25, 0.3) is 21.8 Å². The van der Waals surface area contributed by atoms with Crippen LogP contribution < -0.4 is 0 Å². The highest BCUT2D eigenvalue weighted by Crippen LogP contribution is 2.31. The zero-order chi connectivity index (χ0) is 12.2. The van der Waals surface area contributed by atoms with Crippen LogP contribution in [0.3, 0.4) is 0 Å². The molecule has 0 aliphatic carbocycles. The van der Waals surface area contributed by atoms with Gasteiger partial charge in [-0.05, 0) is 51.0 Å². The summed E-state index contributed by atoms with van der Waals surface area (Å²) in [4.78, 5) is 3.57. The van der Waals surface area contributed by atoms with Gasteiger partial charge in [0.15, 0.2) is 0 Å². The van der Waals surface area contributed by atoms with Crippen LogP contribution in [0.4, 0.5) is 0 Å².